The molecule has 0 spiro atoms. The topological polar surface area (TPSA) is 76.4 Å². The van der Waals surface area contributed by atoms with Crippen LogP contribution in [0.15, 0.2) is 66.0 Å². The average Bonchev–Trinajstić information content (AvgIpc) is 3.34. The lowest BCUT2D eigenvalue weighted by atomic mass is 9.90. The Morgan fingerprint density at radius 1 is 1.19 bits per heavy atom. The summed E-state index contributed by atoms with van der Waals surface area (Å²) in [5.74, 6) is 0.937. The van der Waals surface area contributed by atoms with E-state index in [1.54, 1.807) is 6.33 Å². The second kappa shape index (κ2) is 11.5. The molecule has 37 heavy (non-hydrogen) atoms. The van der Waals surface area contributed by atoms with Crippen LogP contribution in [0.4, 0.5) is 18.9 Å². The Hall–Kier alpha value is -3.73. The number of ether oxygens (including phenoxy) is 1. The van der Waals surface area contributed by atoms with Crippen molar-refractivity contribution in [2.24, 2.45) is 11.0 Å². The standard InChI is InChI=1S/C26H27F3N6OS/c1-17(2)22-5-3-4-6-23(22)32-25(37)33-31-15-18-7-9-19(10-8-18)24-30-16-35(34-24)20-11-13-21(14-12-20)36-26(27,28)29/h3-6,9,11-18H,7-8,10H2,1-2H3,(H2,32,33,37)/b31-15+. The molecule has 0 fully saturated rings. The van der Waals surface area contributed by atoms with Crippen molar-refractivity contribution in [1.82, 2.24) is 20.2 Å². The van der Waals surface area contributed by atoms with E-state index in [0.717, 1.165) is 30.5 Å². The van der Waals surface area contributed by atoms with Gasteiger partial charge in [0, 0.05) is 11.9 Å². The van der Waals surface area contributed by atoms with Crippen LogP contribution < -0.4 is 15.5 Å². The van der Waals surface area contributed by atoms with Crippen LogP contribution in [-0.4, -0.2) is 32.5 Å². The van der Waals surface area contributed by atoms with Crippen LogP contribution in [0.2, 0.25) is 0 Å². The van der Waals surface area contributed by atoms with Crippen molar-refractivity contribution >= 4 is 34.8 Å². The fraction of sp³-hybridized carbons (Fsp3) is 0.308. The molecule has 7 nitrogen and oxygen atoms in total. The predicted octanol–water partition coefficient (Wildman–Crippen LogP) is 6.45. The van der Waals surface area contributed by atoms with Crippen LogP contribution in [0.1, 0.15) is 50.4 Å². The molecule has 0 amide bonds. The van der Waals surface area contributed by atoms with E-state index < -0.39 is 6.36 Å². The van der Waals surface area contributed by atoms with E-state index in [4.69, 9.17) is 12.2 Å². The number of nitrogens with one attached hydrogen (secondary N) is 2. The third kappa shape index (κ3) is 7.39. The molecule has 0 bridgehead atoms. The van der Waals surface area contributed by atoms with Gasteiger partial charge in [-0.1, -0.05) is 38.1 Å². The first kappa shape index (κ1) is 26.3. The monoisotopic (exact) mass is 528 g/mol. The summed E-state index contributed by atoms with van der Waals surface area (Å²) < 4.78 is 42.5. The van der Waals surface area contributed by atoms with Gasteiger partial charge in [0.1, 0.15) is 12.1 Å². The van der Waals surface area contributed by atoms with Crippen LogP contribution >= 0.6 is 12.2 Å². The van der Waals surface area contributed by atoms with Gasteiger partial charge in [-0.25, -0.2) is 9.67 Å². The molecule has 1 aromatic heterocycles. The van der Waals surface area contributed by atoms with Gasteiger partial charge >= 0.3 is 6.36 Å². The summed E-state index contributed by atoms with van der Waals surface area (Å²) in [6.07, 6.45) is 3.22. The molecule has 1 unspecified atom stereocenters. The summed E-state index contributed by atoms with van der Waals surface area (Å²) in [6.45, 7) is 4.27. The molecule has 1 aliphatic carbocycles. The molecule has 194 valence electrons. The Morgan fingerprint density at radius 2 is 1.95 bits per heavy atom. The number of rotatable bonds is 7. The Morgan fingerprint density at radius 3 is 2.62 bits per heavy atom. The van der Waals surface area contributed by atoms with E-state index in [2.05, 4.69) is 56.7 Å². The molecular weight excluding hydrogens is 501 g/mol. The molecule has 1 heterocycles. The number of para-hydroxylation sites is 1. The van der Waals surface area contributed by atoms with E-state index in [0.29, 0.717) is 22.5 Å². The number of aromatic nitrogens is 3. The van der Waals surface area contributed by atoms with Gasteiger partial charge in [-0.3, -0.25) is 5.43 Å². The fourth-order valence-electron chi connectivity index (χ4n) is 3.99. The van der Waals surface area contributed by atoms with Gasteiger partial charge < -0.3 is 10.1 Å². The summed E-state index contributed by atoms with van der Waals surface area (Å²) in [6, 6.07) is 13.5. The largest absolute Gasteiger partial charge is 0.573 e. The minimum atomic E-state index is -4.73. The number of hydrogen-bond donors (Lipinski definition) is 2. The number of alkyl halides is 3. The molecule has 3 aromatic rings. The molecule has 4 rings (SSSR count). The smallest absolute Gasteiger partial charge is 0.406 e. The SMILES string of the molecule is CC(C)c1ccccc1NC(=S)N/N=C/C1CC=C(c2ncn(-c3ccc(OC(F)(F)F)cc3)n2)CC1. The molecular formula is C26H27F3N6OS. The Bertz CT molecular complexity index is 1280. The average molecular weight is 529 g/mol. The van der Waals surface area contributed by atoms with Gasteiger partial charge in [0.15, 0.2) is 10.9 Å². The summed E-state index contributed by atoms with van der Waals surface area (Å²) in [5, 5.41) is 12.4. The number of thiocarbonyl (C=S) groups is 1. The van der Waals surface area contributed by atoms with Gasteiger partial charge in [-0.15, -0.1) is 18.3 Å². The third-order valence-corrected chi connectivity index (χ3v) is 6.04. The molecule has 0 aliphatic heterocycles. The van der Waals surface area contributed by atoms with E-state index in [9.17, 15) is 13.2 Å². The van der Waals surface area contributed by atoms with Crippen molar-refractivity contribution < 1.29 is 17.9 Å². The third-order valence-electron chi connectivity index (χ3n) is 5.85. The van der Waals surface area contributed by atoms with Crippen molar-refractivity contribution in [1.29, 1.82) is 0 Å². The summed E-state index contributed by atoms with van der Waals surface area (Å²) in [7, 11) is 0. The van der Waals surface area contributed by atoms with Gasteiger partial charge in [-0.05, 0) is 84.8 Å². The molecule has 0 saturated heterocycles. The highest BCUT2D eigenvalue weighted by Crippen LogP contribution is 2.28. The zero-order valence-corrected chi connectivity index (χ0v) is 21.2. The molecule has 2 N–H and O–H groups in total. The Labute approximate surface area is 218 Å². The van der Waals surface area contributed by atoms with Gasteiger partial charge in [0.25, 0.3) is 0 Å². The Kier molecular flexibility index (Phi) is 8.22. The lowest BCUT2D eigenvalue weighted by Gasteiger charge is -2.17. The maximum absolute atomic E-state index is 12.3. The van der Waals surface area contributed by atoms with Crippen molar-refractivity contribution in [2.75, 3.05) is 5.32 Å². The molecule has 0 radical (unpaired) electrons. The van der Waals surface area contributed by atoms with Crippen molar-refractivity contribution in [3.05, 3.63) is 72.3 Å². The van der Waals surface area contributed by atoms with E-state index >= 15 is 0 Å². The first-order valence-electron chi connectivity index (χ1n) is 11.8. The lowest BCUT2D eigenvalue weighted by molar-refractivity contribution is -0.274. The minimum absolute atomic E-state index is 0.255. The van der Waals surface area contributed by atoms with Crippen molar-refractivity contribution in [3.63, 3.8) is 0 Å². The van der Waals surface area contributed by atoms with Crippen molar-refractivity contribution in [3.8, 4) is 11.4 Å². The van der Waals surface area contributed by atoms with Crippen LogP contribution in [-0.2, 0) is 0 Å². The van der Waals surface area contributed by atoms with Crippen molar-refractivity contribution in [2.45, 2.75) is 45.4 Å². The van der Waals surface area contributed by atoms with Crippen LogP contribution in [0.3, 0.4) is 0 Å². The zero-order chi connectivity index (χ0) is 26.4. The number of anilines is 1. The number of hydrogen-bond acceptors (Lipinski definition) is 5. The zero-order valence-electron chi connectivity index (χ0n) is 20.4. The number of benzene rings is 2. The highest BCUT2D eigenvalue weighted by Gasteiger charge is 2.31. The normalized spacial score (nSPS) is 16.1. The van der Waals surface area contributed by atoms with E-state index in [-0.39, 0.29) is 11.7 Å². The van der Waals surface area contributed by atoms with E-state index in [1.807, 2.05) is 24.4 Å². The predicted molar refractivity (Wildman–Crippen MR) is 142 cm³/mol. The number of halogens is 3. The molecule has 1 atom stereocenters. The van der Waals surface area contributed by atoms with Crippen LogP contribution in [0, 0.1) is 5.92 Å². The first-order valence-corrected chi connectivity index (χ1v) is 12.2. The first-order chi connectivity index (χ1) is 17.7. The Balaban J connectivity index is 1.29. The number of nitrogens with zero attached hydrogens (tertiary/aromatic N) is 4. The molecule has 1 aliphatic rings. The summed E-state index contributed by atoms with van der Waals surface area (Å²) in [4.78, 5) is 4.37. The van der Waals surface area contributed by atoms with Gasteiger partial charge in [-0.2, -0.15) is 5.10 Å². The maximum atomic E-state index is 12.3. The highest BCUT2D eigenvalue weighted by atomic mass is 32.1. The lowest BCUT2D eigenvalue weighted by Crippen LogP contribution is -2.25. The van der Waals surface area contributed by atoms with Gasteiger partial charge in [0.2, 0.25) is 0 Å². The summed E-state index contributed by atoms with van der Waals surface area (Å²) >= 11 is 5.38. The molecule has 0 saturated carbocycles. The quantitative estimate of drug-likeness (QED) is 0.209. The maximum Gasteiger partial charge on any atom is 0.573 e. The van der Waals surface area contributed by atoms with E-state index in [1.165, 1.54) is 34.5 Å². The highest BCUT2D eigenvalue weighted by molar-refractivity contribution is 7.80. The summed E-state index contributed by atoms with van der Waals surface area (Å²) in [5.41, 5.74) is 6.65. The van der Waals surface area contributed by atoms with Crippen LogP contribution in [0.5, 0.6) is 5.75 Å². The molecule has 2 aromatic carbocycles. The second-order valence-electron chi connectivity index (χ2n) is 8.90. The number of allylic oxidation sites excluding steroid dienone is 2. The van der Waals surface area contributed by atoms with Gasteiger partial charge in [0.05, 0.1) is 5.69 Å². The second-order valence-corrected chi connectivity index (χ2v) is 9.31. The number of hydrazone groups is 1. The van der Waals surface area contributed by atoms with Crippen LogP contribution in [0.25, 0.3) is 11.3 Å². The minimum Gasteiger partial charge on any atom is -0.406 e. The fourth-order valence-corrected chi connectivity index (χ4v) is 4.16. The molecule has 11 heteroatoms.